The molecule has 0 saturated heterocycles. The average Bonchev–Trinajstić information content (AvgIpc) is 2.15. The lowest BCUT2D eigenvalue weighted by atomic mass is 10.6. The molecule has 0 amide bonds. The maximum atomic E-state index is 12.0. The lowest BCUT2D eigenvalue weighted by Crippen LogP contribution is -2.22. The van der Waals surface area contributed by atoms with Gasteiger partial charge >= 0.3 is 11.9 Å². The van der Waals surface area contributed by atoms with E-state index in [2.05, 4.69) is 5.10 Å². The molecule has 0 bridgehead atoms. The minimum absolute atomic E-state index is 0. The molecule has 13 heavy (non-hydrogen) atoms. The number of halogens is 3. The molecule has 0 spiro atoms. The van der Waals surface area contributed by atoms with Crippen LogP contribution >= 0.6 is 0 Å². The molecule has 0 unspecified atom stereocenters. The van der Waals surface area contributed by atoms with Crippen LogP contribution in [0.15, 0.2) is 4.79 Å². The SMILES string of the molecule is C.Cn1nc(C(F)(F)F)n(C)c1=O. The summed E-state index contributed by atoms with van der Waals surface area (Å²) in [5, 5.41) is 3.02. The minimum Gasteiger partial charge on any atom is -0.274 e. The van der Waals surface area contributed by atoms with Gasteiger partial charge in [-0.1, -0.05) is 7.43 Å². The van der Waals surface area contributed by atoms with E-state index in [1.807, 2.05) is 0 Å². The van der Waals surface area contributed by atoms with Gasteiger partial charge in [-0.3, -0.25) is 4.57 Å². The van der Waals surface area contributed by atoms with Gasteiger partial charge in [0.1, 0.15) is 0 Å². The van der Waals surface area contributed by atoms with Gasteiger partial charge < -0.3 is 0 Å². The number of rotatable bonds is 0. The average molecular weight is 197 g/mol. The van der Waals surface area contributed by atoms with Crippen molar-refractivity contribution in [2.24, 2.45) is 14.1 Å². The molecular formula is C6H10F3N3O. The lowest BCUT2D eigenvalue weighted by molar-refractivity contribution is -0.147. The summed E-state index contributed by atoms with van der Waals surface area (Å²) in [6, 6.07) is 0. The number of hydrogen-bond donors (Lipinski definition) is 0. The first-order valence-electron chi connectivity index (χ1n) is 3.01. The number of nitrogens with zero attached hydrogens (tertiary/aromatic N) is 3. The minimum atomic E-state index is -4.57. The van der Waals surface area contributed by atoms with E-state index in [4.69, 9.17) is 0 Å². The second kappa shape index (κ2) is 3.23. The molecular weight excluding hydrogens is 187 g/mol. The van der Waals surface area contributed by atoms with Crippen molar-refractivity contribution < 1.29 is 13.2 Å². The van der Waals surface area contributed by atoms with E-state index in [1.54, 1.807) is 0 Å². The summed E-state index contributed by atoms with van der Waals surface area (Å²) < 4.78 is 37.1. The lowest BCUT2D eigenvalue weighted by Gasteiger charge is -2.02. The maximum Gasteiger partial charge on any atom is 0.451 e. The summed E-state index contributed by atoms with van der Waals surface area (Å²) in [4.78, 5) is 10.8. The Morgan fingerprint density at radius 2 is 1.77 bits per heavy atom. The van der Waals surface area contributed by atoms with Gasteiger partial charge in [0.05, 0.1) is 0 Å². The molecule has 7 heteroatoms. The fraction of sp³-hybridized carbons (Fsp3) is 0.667. The highest BCUT2D eigenvalue weighted by Crippen LogP contribution is 2.25. The quantitative estimate of drug-likeness (QED) is 0.616. The van der Waals surface area contributed by atoms with E-state index in [0.717, 1.165) is 14.1 Å². The highest BCUT2D eigenvalue weighted by Gasteiger charge is 2.37. The monoisotopic (exact) mass is 197 g/mol. The van der Waals surface area contributed by atoms with Crippen molar-refractivity contribution in [2.45, 2.75) is 13.6 Å². The normalized spacial score (nSPS) is 11.2. The molecule has 4 nitrogen and oxygen atoms in total. The zero-order valence-corrected chi connectivity index (χ0v) is 6.38. The summed E-state index contributed by atoms with van der Waals surface area (Å²) in [6.07, 6.45) is -4.57. The van der Waals surface area contributed by atoms with Crippen molar-refractivity contribution in [1.29, 1.82) is 0 Å². The van der Waals surface area contributed by atoms with Crippen LogP contribution in [0.5, 0.6) is 0 Å². The van der Waals surface area contributed by atoms with Crippen LogP contribution in [-0.2, 0) is 20.3 Å². The molecule has 1 aromatic rings. The molecule has 76 valence electrons. The van der Waals surface area contributed by atoms with Crippen LogP contribution in [0.4, 0.5) is 13.2 Å². The Bertz CT molecular complexity index is 349. The van der Waals surface area contributed by atoms with Crippen molar-refractivity contribution in [3.8, 4) is 0 Å². The largest absolute Gasteiger partial charge is 0.451 e. The molecule has 1 heterocycles. The van der Waals surface area contributed by atoms with Crippen molar-refractivity contribution in [2.75, 3.05) is 0 Å². The predicted octanol–water partition coefficient (Wildman–Crippen LogP) is 0.774. The highest BCUT2D eigenvalue weighted by molar-refractivity contribution is 4.91. The Hall–Kier alpha value is -1.27. The first-order chi connectivity index (χ1) is 5.34. The van der Waals surface area contributed by atoms with Crippen molar-refractivity contribution in [3.05, 3.63) is 16.3 Å². The molecule has 0 fully saturated rings. The fourth-order valence-corrected chi connectivity index (χ4v) is 0.806. The summed E-state index contributed by atoms with van der Waals surface area (Å²) in [5.74, 6) is -1.19. The van der Waals surface area contributed by atoms with Crippen LogP contribution in [0.3, 0.4) is 0 Å². The molecule has 0 atom stereocenters. The Morgan fingerprint density at radius 3 is 1.92 bits per heavy atom. The van der Waals surface area contributed by atoms with Crippen LogP contribution < -0.4 is 5.69 Å². The molecule has 0 aliphatic rings. The van der Waals surface area contributed by atoms with Crippen LogP contribution in [0.1, 0.15) is 13.3 Å². The van der Waals surface area contributed by atoms with Crippen molar-refractivity contribution >= 4 is 0 Å². The third-order valence-corrected chi connectivity index (χ3v) is 1.38. The van der Waals surface area contributed by atoms with E-state index in [-0.39, 0.29) is 7.43 Å². The van der Waals surface area contributed by atoms with Gasteiger partial charge in [-0.05, 0) is 0 Å². The summed E-state index contributed by atoms with van der Waals surface area (Å²) in [7, 11) is 2.19. The van der Waals surface area contributed by atoms with E-state index in [9.17, 15) is 18.0 Å². The van der Waals surface area contributed by atoms with Crippen molar-refractivity contribution in [3.63, 3.8) is 0 Å². The molecule has 0 aliphatic carbocycles. The van der Waals surface area contributed by atoms with Gasteiger partial charge in [0.15, 0.2) is 0 Å². The predicted molar refractivity (Wildman–Crippen MR) is 40.2 cm³/mol. The van der Waals surface area contributed by atoms with Crippen LogP contribution in [0, 0.1) is 0 Å². The van der Waals surface area contributed by atoms with Gasteiger partial charge in [0.2, 0.25) is 5.82 Å². The summed E-state index contributed by atoms with van der Waals surface area (Å²) >= 11 is 0. The van der Waals surface area contributed by atoms with Crippen molar-refractivity contribution in [1.82, 2.24) is 14.3 Å². The zero-order valence-electron chi connectivity index (χ0n) is 6.38. The van der Waals surface area contributed by atoms with Gasteiger partial charge in [-0.2, -0.15) is 13.2 Å². The maximum absolute atomic E-state index is 12.0. The summed E-state index contributed by atoms with van der Waals surface area (Å²) in [5.41, 5.74) is -0.790. The molecule has 1 aromatic heterocycles. The first kappa shape index (κ1) is 11.7. The Labute approximate surface area is 72.6 Å². The Kier molecular flexibility index (Phi) is 2.92. The van der Waals surface area contributed by atoms with Gasteiger partial charge in [0.25, 0.3) is 0 Å². The van der Waals surface area contributed by atoms with Gasteiger partial charge in [0, 0.05) is 14.1 Å². The molecule has 0 aromatic carbocycles. The van der Waals surface area contributed by atoms with Gasteiger partial charge in [-0.25, -0.2) is 9.48 Å². The van der Waals surface area contributed by atoms with E-state index in [0.29, 0.717) is 9.25 Å². The molecule has 0 N–H and O–H groups in total. The number of alkyl halides is 3. The van der Waals surface area contributed by atoms with Crippen LogP contribution in [-0.4, -0.2) is 14.3 Å². The Morgan fingerprint density at radius 1 is 1.31 bits per heavy atom. The van der Waals surface area contributed by atoms with E-state index < -0.39 is 17.7 Å². The van der Waals surface area contributed by atoms with E-state index >= 15 is 0 Å². The zero-order chi connectivity index (χ0) is 9.52. The van der Waals surface area contributed by atoms with Crippen LogP contribution in [0.25, 0.3) is 0 Å². The molecule has 1 rings (SSSR count). The van der Waals surface area contributed by atoms with Gasteiger partial charge in [-0.15, -0.1) is 5.10 Å². The summed E-state index contributed by atoms with van der Waals surface area (Å²) in [6.45, 7) is 0. The molecule has 0 aliphatic heterocycles. The smallest absolute Gasteiger partial charge is 0.274 e. The number of aryl methyl sites for hydroxylation is 1. The van der Waals surface area contributed by atoms with E-state index in [1.165, 1.54) is 0 Å². The topological polar surface area (TPSA) is 39.8 Å². The second-order valence-corrected chi connectivity index (χ2v) is 2.29. The number of aromatic nitrogens is 3. The highest BCUT2D eigenvalue weighted by atomic mass is 19.4. The first-order valence-corrected chi connectivity index (χ1v) is 3.01. The second-order valence-electron chi connectivity index (χ2n) is 2.29. The fourth-order valence-electron chi connectivity index (χ4n) is 0.806. The number of hydrogen-bond acceptors (Lipinski definition) is 2. The van der Waals surface area contributed by atoms with Crippen LogP contribution in [0.2, 0.25) is 0 Å². The molecule has 0 saturated carbocycles. The molecule has 0 radical (unpaired) electrons. The third-order valence-electron chi connectivity index (χ3n) is 1.38. The Balaban J connectivity index is 0.00000144. The third kappa shape index (κ3) is 1.90. The standard InChI is InChI=1S/C5H6F3N3O.CH4/c1-10-3(5(6,7)8)9-11(2)4(10)12;/h1-2H3;1H4.